The molecule has 170 valence electrons. The van der Waals surface area contributed by atoms with Crippen LogP contribution in [-0.2, 0) is 0 Å². The van der Waals surface area contributed by atoms with Crippen LogP contribution in [0.3, 0.4) is 0 Å². The highest BCUT2D eigenvalue weighted by Crippen LogP contribution is 2.26. The molecule has 0 radical (unpaired) electrons. The van der Waals surface area contributed by atoms with E-state index in [9.17, 15) is 4.79 Å². The summed E-state index contributed by atoms with van der Waals surface area (Å²) in [4.78, 5) is 18.4. The standard InChI is InChI=1S/C25H22N6O3/c1-33-19-12-8-16(9-13-19)27-25-28-23-21(22(26)31(29-23)18-6-4-3-5-7-18)24(32)30(25)17-10-14-20(34-2)15-11-17/h3-15H,26H2,1-2H3,(H,27,28,29). The minimum absolute atomic E-state index is 0.219. The SMILES string of the molecule is COc1ccc(Nc2nc3nn(-c4ccccc4)c(N)c3c(=O)n2-c2ccc(OC)cc2)cc1. The zero-order chi connectivity index (χ0) is 23.7. The Bertz CT molecular complexity index is 1510. The van der Waals surface area contributed by atoms with Crippen molar-refractivity contribution >= 4 is 28.5 Å². The lowest BCUT2D eigenvalue weighted by molar-refractivity contribution is 0.414. The number of rotatable bonds is 6. The largest absolute Gasteiger partial charge is 0.497 e. The predicted octanol–water partition coefficient (Wildman–Crippen LogP) is 3.91. The Hall–Kier alpha value is -4.79. The zero-order valence-electron chi connectivity index (χ0n) is 18.6. The summed E-state index contributed by atoms with van der Waals surface area (Å²) in [6, 6.07) is 23.8. The molecule has 0 aliphatic rings. The van der Waals surface area contributed by atoms with E-state index >= 15 is 0 Å². The minimum atomic E-state index is -0.342. The molecule has 2 heterocycles. The Labute approximate surface area is 195 Å². The number of nitrogens with two attached hydrogens (primary N) is 1. The zero-order valence-corrected chi connectivity index (χ0v) is 18.6. The summed E-state index contributed by atoms with van der Waals surface area (Å²) in [6.07, 6.45) is 0. The first-order chi connectivity index (χ1) is 16.6. The van der Waals surface area contributed by atoms with Gasteiger partial charge in [0.15, 0.2) is 5.65 Å². The molecular formula is C25H22N6O3. The van der Waals surface area contributed by atoms with Gasteiger partial charge in [0.25, 0.3) is 5.56 Å². The maximum absolute atomic E-state index is 13.8. The molecule has 0 spiro atoms. The van der Waals surface area contributed by atoms with Gasteiger partial charge in [-0.1, -0.05) is 18.2 Å². The number of anilines is 3. The van der Waals surface area contributed by atoms with Crippen molar-refractivity contribution in [3.05, 3.63) is 89.2 Å². The van der Waals surface area contributed by atoms with E-state index in [1.54, 1.807) is 38.5 Å². The van der Waals surface area contributed by atoms with Gasteiger partial charge in [-0.25, -0.2) is 9.25 Å². The summed E-state index contributed by atoms with van der Waals surface area (Å²) in [5.74, 6) is 1.91. The first-order valence-corrected chi connectivity index (χ1v) is 10.5. The van der Waals surface area contributed by atoms with Gasteiger partial charge in [-0.05, 0) is 60.7 Å². The Morgan fingerprint density at radius 1 is 0.824 bits per heavy atom. The predicted molar refractivity (Wildman–Crippen MR) is 132 cm³/mol. The fourth-order valence-corrected chi connectivity index (χ4v) is 3.68. The number of benzene rings is 3. The third-order valence-corrected chi connectivity index (χ3v) is 5.42. The van der Waals surface area contributed by atoms with Crippen LogP contribution in [0.15, 0.2) is 83.7 Å². The van der Waals surface area contributed by atoms with Gasteiger partial charge < -0.3 is 20.5 Å². The van der Waals surface area contributed by atoms with E-state index in [-0.39, 0.29) is 22.4 Å². The smallest absolute Gasteiger partial charge is 0.272 e. The number of hydrogen-bond donors (Lipinski definition) is 2. The maximum Gasteiger partial charge on any atom is 0.272 e. The summed E-state index contributed by atoms with van der Waals surface area (Å²) in [5, 5.41) is 7.99. The molecule has 9 nitrogen and oxygen atoms in total. The van der Waals surface area contributed by atoms with Crippen molar-refractivity contribution in [1.29, 1.82) is 0 Å². The topological polar surface area (TPSA) is 109 Å². The van der Waals surface area contributed by atoms with E-state index in [2.05, 4.69) is 15.4 Å². The van der Waals surface area contributed by atoms with Gasteiger partial charge >= 0.3 is 0 Å². The number of para-hydroxylation sites is 1. The van der Waals surface area contributed by atoms with Crippen LogP contribution in [-0.4, -0.2) is 33.6 Å². The highest BCUT2D eigenvalue weighted by atomic mass is 16.5. The Kier molecular flexibility index (Phi) is 5.35. The molecule has 0 atom stereocenters. The van der Waals surface area contributed by atoms with E-state index in [0.29, 0.717) is 17.4 Å². The quantitative estimate of drug-likeness (QED) is 0.400. The lowest BCUT2D eigenvalue weighted by atomic mass is 10.2. The molecule has 0 unspecified atom stereocenters. The molecule has 5 aromatic rings. The molecule has 0 fully saturated rings. The van der Waals surface area contributed by atoms with Crippen molar-refractivity contribution in [3.8, 4) is 22.9 Å². The number of nitrogen functional groups attached to an aromatic ring is 1. The second kappa shape index (κ2) is 8.62. The summed E-state index contributed by atoms with van der Waals surface area (Å²) >= 11 is 0. The van der Waals surface area contributed by atoms with Crippen LogP contribution >= 0.6 is 0 Å². The molecule has 9 heteroatoms. The van der Waals surface area contributed by atoms with Crippen LogP contribution in [0, 0.1) is 0 Å². The van der Waals surface area contributed by atoms with Crippen LogP contribution in [0.2, 0.25) is 0 Å². The van der Waals surface area contributed by atoms with Crippen LogP contribution in [0.4, 0.5) is 17.5 Å². The Morgan fingerprint density at radius 3 is 2.06 bits per heavy atom. The van der Waals surface area contributed by atoms with Gasteiger partial charge in [0.05, 0.1) is 25.6 Å². The van der Waals surface area contributed by atoms with Gasteiger partial charge in [-0.15, -0.1) is 5.10 Å². The first kappa shape index (κ1) is 21.1. The molecule has 0 amide bonds. The number of methoxy groups -OCH3 is 2. The van der Waals surface area contributed by atoms with Crippen molar-refractivity contribution in [1.82, 2.24) is 19.3 Å². The highest BCUT2D eigenvalue weighted by Gasteiger charge is 2.20. The lowest BCUT2D eigenvalue weighted by Crippen LogP contribution is -2.23. The summed E-state index contributed by atoms with van der Waals surface area (Å²) in [6.45, 7) is 0. The van der Waals surface area contributed by atoms with Gasteiger partial charge in [-0.2, -0.15) is 4.98 Å². The maximum atomic E-state index is 13.8. The molecule has 0 saturated carbocycles. The van der Waals surface area contributed by atoms with Gasteiger partial charge in [0.2, 0.25) is 5.95 Å². The number of fused-ring (bicyclic) bond motifs is 1. The molecule has 34 heavy (non-hydrogen) atoms. The third-order valence-electron chi connectivity index (χ3n) is 5.42. The Balaban J connectivity index is 1.72. The molecule has 0 saturated heterocycles. The first-order valence-electron chi connectivity index (χ1n) is 10.5. The number of ether oxygens (including phenoxy) is 2. The number of nitrogens with zero attached hydrogens (tertiary/aromatic N) is 4. The summed E-state index contributed by atoms with van der Waals surface area (Å²) < 4.78 is 13.5. The van der Waals surface area contributed by atoms with Crippen LogP contribution in [0.5, 0.6) is 11.5 Å². The molecule has 2 aromatic heterocycles. The third kappa shape index (κ3) is 3.69. The van der Waals surface area contributed by atoms with E-state index in [4.69, 9.17) is 15.2 Å². The number of nitrogens with one attached hydrogen (secondary N) is 1. The van der Waals surface area contributed by atoms with Crippen molar-refractivity contribution in [2.24, 2.45) is 0 Å². The molecule has 3 N–H and O–H groups in total. The monoisotopic (exact) mass is 454 g/mol. The van der Waals surface area contributed by atoms with E-state index in [1.807, 2.05) is 54.6 Å². The van der Waals surface area contributed by atoms with E-state index in [0.717, 1.165) is 17.1 Å². The molecular weight excluding hydrogens is 432 g/mol. The second-order valence-corrected chi connectivity index (χ2v) is 7.46. The normalized spacial score (nSPS) is 10.9. The molecule has 0 bridgehead atoms. The van der Waals surface area contributed by atoms with Crippen molar-refractivity contribution < 1.29 is 9.47 Å². The van der Waals surface area contributed by atoms with Gasteiger partial charge in [-0.3, -0.25) is 4.79 Å². The van der Waals surface area contributed by atoms with Crippen LogP contribution in [0.1, 0.15) is 0 Å². The molecule has 5 rings (SSSR count). The Morgan fingerprint density at radius 2 is 1.44 bits per heavy atom. The minimum Gasteiger partial charge on any atom is -0.497 e. The van der Waals surface area contributed by atoms with E-state index < -0.39 is 0 Å². The van der Waals surface area contributed by atoms with Crippen LogP contribution < -0.4 is 26.1 Å². The molecule has 0 aliphatic heterocycles. The summed E-state index contributed by atoms with van der Waals surface area (Å²) in [5.41, 5.74) is 8.35. The van der Waals surface area contributed by atoms with Crippen molar-refractivity contribution in [3.63, 3.8) is 0 Å². The highest BCUT2D eigenvalue weighted by molar-refractivity contribution is 5.88. The fraction of sp³-hybridized carbons (Fsp3) is 0.0800. The lowest BCUT2D eigenvalue weighted by Gasteiger charge is -2.14. The average Bonchev–Trinajstić information content (AvgIpc) is 3.21. The molecule has 3 aromatic carbocycles. The molecule has 0 aliphatic carbocycles. The van der Waals surface area contributed by atoms with E-state index in [1.165, 1.54) is 9.25 Å². The number of aromatic nitrogens is 4. The van der Waals surface area contributed by atoms with Crippen molar-refractivity contribution in [2.45, 2.75) is 0 Å². The average molecular weight is 454 g/mol. The van der Waals surface area contributed by atoms with Crippen LogP contribution in [0.25, 0.3) is 22.4 Å². The second-order valence-electron chi connectivity index (χ2n) is 7.46. The van der Waals surface area contributed by atoms with Gasteiger partial charge in [0.1, 0.15) is 22.7 Å². The van der Waals surface area contributed by atoms with Crippen molar-refractivity contribution in [2.75, 3.05) is 25.3 Å². The number of hydrogen-bond acceptors (Lipinski definition) is 7. The fourth-order valence-electron chi connectivity index (χ4n) is 3.68. The van der Waals surface area contributed by atoms with Gasteiger partial charge in [0, 0.05) is 5.69 Å². The summed E-state index contributed by atoms with van der Waals surface area (Å²) in [7, 11) is 3.19.